The molecule has 1 aromatic carbocycles. The van der Waals surface area contributed by atoms with Crippen molar-refractivity contribution >= 4 is 10.1 Å². The van der Waals surface area contributed by atoms with Gasteiger partial charge in [-0.05, 0) is 220 Å². The van der Waals surface area contributed by atoms with Crippen LogP contribution in [-0.4, -0.2) is 80.6 Å². The minimum absolute atomic E-state index is 0. The Morgan fingerprint density at radius 1 is 0.616 bits per heavy atom. The molecule has 16 heteroatoms. The maximum absolute atomic E-state index is 12.3. The molecule has 0 spiro atoms. The summed E-state index contributed by atoms with van der Waals surface area (Å²) >= 11 is 0. The molecule has 9 rings (SSSR count). The van der Waals surface area contributed by atoms with Crippen molar-refractivity contribution in [3.05, 3.63) is 79.5 Å². The zero-order valence-electron chi connectivity index (χ0n) is 56.8. The van der Waals surface area contributed by atoms with Gasteiger partial charge in [0.25, 0.3) is 10.1 Å². The normalized spacial score (nSPS) is 34.0. The van der Waals surface area contributed by atoms with Crippen LogP contribution in [-0.2, 0) is 33.2 Å². The third-order valence-corrected chi connectivity index (χ3v) is 25.2. The van der Waals surface area contributed by atoms with Crippen molar-refractivity contribution in [3.8, 4) is 0 Å². The van der Waals surface area contributed by atoms with Crippen LogP contribution in [0.1, 0.15) is 217 Å². The summed E-state index contributed by atoms with van der Waals surface area (Å²) in [6.07, 6.45) is 35.4. The van der Waals surface area contributed by atoms with Crippen molar-refractivity contribution in [1.29, 1.82) is 0 Å². The molecule has 16 atom stereocenters. The van der Waals surface area contributed by atoms with Crippen LogP contribution >= 0.6 is 0 Å². The van der Waals surface area contributed by atoms with E-state index in [9.17, 15) is 12.8 Å². The molecule has 6 saturated carbocycles. The quantitative estimate of drug-likeness (QED) is 0.0168. The summed E-state index contributed by atoms with van der Waals surface area (Å²) in [4.78, 5) is 4.43. The molecule has 86 heavy (non-hydrogen) atoms. The molecule has 0 aliphatic heterocycles. The number of hydrogen-bond donors (Lipinski definition) is 0. The van der Waals surface area contributed by atoms with Crippen molar-refractivity contribution in [2.24, 2.45) is 97.8 Å². The molecule has 0 saturated heterocycles. The van der Waals surface area contributed by atoms with Gasteiger partial charge in [-0.2, -0.15) is 8.42 Å². The molecule has 8 aliphatic carbocycles. The Kier molecular flexibility index (Phi) is 29.9. The molecule has 0 amide bonds. The smallest absolute Gasteiger partial charge is 0.379 e. The van der Waals surface area contributed by atoms with E-state index in [-0.39, 0.29) is 53.8 Å². The fourth-order valence-corrected chi connectivity index (χ4v) is 20.4. The average Bonchev–Trinajstić information content (AvgIpc) is 1.73. The van der Waals surface area contributed by atoms with E-state index in [2.05, 4.69) is 91.4 Å². The Bertz CT molecular complexity index is 2500. The zero-order chi connectivity index (χ0) is 62.7. The molecular weight excluding hydrogens is 1110 g/mol. The molecule has 0 radical (unpaired) electrons. The largest absolute Gasteiger partial charge is 1.00 e. The third kappa shape index (κ3) is 18.6. The summed E-state index contributed by atoms with van der Waals surface area (Å²) in [6.45, 7) is 30.4. The van der Waals surface area contributed by atoms with E-state index in [0.29, 0.717) is 67.3 Å². The first-order chi connectivity index (χ1) is 41.1. The van der Waals surface area contributed by atoms with E-state index in [4.69, 9.17) is 41.1 Å². The second-order valence-corrected chi connectivity index (χ2v) is 31.0. The molecule has 13 nitrogen and oxygen atoms in total. The van der Waals surface area contributed by atoms with E-state index in [1.54, 1.807) is 35.4 Å². The number of rotatable bonds is 26. The van der Waals surface area contributed by atoms with Gasteiger partial charge in [0.15, 0.2) is 0 Å². The topological polar surface area (TPSA) is 188 Å². The van der Waals surface area contributed by atoms with Crippen molar-refractivity contribution in [2.75, 3.05) is 59.9 Å². The second kappa shape index (κ2) is 35.2. The number of ether oxygens (including phenoxy) is 4. The number of alkyl halides is 1. The van der Waals surface area contributed by atoms with Gasteiger partial charge >= 0.3 is 29.6 Å². The minimum atomic E-state index is -3.75. The zero-order valence-corrected chi connectivity index (χ0v) is 58.6. The summed E-state index contributed by atoms with van der Waals surface area (Å²) < 4.78 is 69.0. The fraction of sp³-hybridized carbons (Fsp3) is 0.857. The van der Waals surface area contributed by atoms with Gasteiger partial charge in [-0.15, -0.1) is 0 Å². The fourth-order valence-electron chi connectivity index (χ4n) is 19.5. The van der Waals surface area contributed by atoms with Gasteiger partial charge in [0.05, 0.1) is 71.9 Å². The molecule has 1 aromatic rings. The van der Waals surface area contributed by atoms with Crippen molar-refractivity contribution in [2.45, 2.75) is 235 Å². The van der Waals surface area contributed by atoms with Gasteiger partial charge in [-0.1, -0.05) is 154 Å². The molecule has 482 valence electrons. The summed E-state index contributed by atoms with van der Waals surface area (Å²) in [5, 5.41) is 3.51. The predicted molar refractivity (Wildman–Crippen MR) is 343 cm³/mol. The van der Waals surface area contributed by atoms with Gasteiger partial charge < -0.3 is 30.0 Å². The molecule has 0 unspecified atom stereocenters. The Morgan fingerprint density at radius 2 is 1.05 bits per heavy atom. The minimum Gasteiger partial charge on any atom is -0.379 e. The first kappa shape index (κ1) is 73.1. The van der Waals surface area contributed by atoms with Crippen LogP contribution in [0.3, 0.4) is 0 Å². The van der Waals surface area contributed by atoms with Gasteiger partial charge in [-0.3, -0.25) is 13.5 Å². The first-order valence-corrected chi connectivity index (χ1v) is 35.1. The second-order valence-electron chi connectivity index (χ2n) is 29.4. The van der Waals surface area contributed by atoms with Gasteiger partial charge in [-0.25, -0.2) is 0 Å². The van der Waals surface area contributed by atoms with Crippen LogP contribution in [0.2, 0.25) is 0 Å². The first-order valence-electron chi connectivity index (χ1n) is 34.4. The Hall–Kier alpha value is -2.00. The maximum Gasteiger partial charge on any atom is 1.00 e. The molecule has 0 heterocycles. The van der Waals surface area contributed by atoms with Crippen molar-refractivity contribution in [1.82, 2.24) is 0 Å². The van der Waals surface area contributed by atoms with E-state index in [1.165, 1.54) is 127 Å². The predicted octanol–water partition coefficient (Wildman–Crippen LogP) is 16.3. The molecule has 0 bridgehead atoms. The van der Waals surface area contributed by atoms with E-state index >= 15 is 0 Å². The van der Waals surface area contributed by atoms with Crippen LogP contribution < -0.4 is 29.6 Å². The summed E-state index contributed by atoms with van der Waals surface area (Å²) in [7, 11) is -4.75. The van der Waals surface area contributed by atoms with Crippen LogP contribution in [0.15, 0.2) is 57.6 Å². The third-order valence-electron chi connectivity index (χ3n) is 23.9. The molecule has 8 aliphatic rings. The molecule has 0 aromatic heterocycles. The van der Waals surface area contributed by atoms with E-state index in [0.717, 1.165) is 95.8 Å². The monoisotopic (exact) mass is 1230 g/mol. The summed E-state index contributed by atoms with van der Waals surface area (Å²) in [5.41, 5.74) is 28.0. The van der Waals surface area contributed by atoms with Crippen LogP contribution in [0.25, 0.3) is 26.4 Å². The Labute approximate surface area is 545 Å². The van der Waals surface area contributed by atoms with E-state index in [1.807, 2.05) is 6.92 Å². The number of aryl methyl sites for hydroxylation is 1. The summed E-state index contributed by atoms with van der Waals surface area (Å²) in [6, 6.07) is 6.68. The standard InChI is InChI=1S/C38H60O5S.C31H53N3O2.CH3F.N3.Na/c1-27(2)8-7-9-29(4)34-16-17-35-33-15-12-30-26-31(18-20-37(30,5)36(33)19-21-38(34,35)6)42-24-22-41-23-25-43-44(39,40)32-13-10-28(3)11-14-32;1-22(2)7-6-8-23(3)27-11-12-28-26-10-9-24-21-25(36-20-19-35-18-17-33-34-32)13-15-30(24,4)29(26)14-16-31(27,28)5;1-2;1-3-2;/h10-14,27,29,31,33-36H,7-9,15-26H2,1-6H3;9,22-23,25-29H,6-8,10-21H2,1-5H3;1H3;;/q;;;-1;+1/t29-,31+,33+,34-,35+,36+,37+,38-;23-,25+,26+,27-,28+,29+,30+,31-;;;/m11.../s1/i;;1D;;. The van der Waals surface area contributed by atoms with Crippen LogP contribution in [0.5, 0.6) is 0 Å². The van der Waals surface area contributed by atoms with Gasteiger partial charge in [0.1, 0.15) is 0 Å². The molecular formula is C70H116FN6NaO7S. The van der Waals surface area contributed by atoms with Crippen LogP contribution in [0.4, 0.5) is 4.39 Å². The van der Waals surface area contributed by atoms with Crippen LogP contribution in [0, 0.1) is 99.6 Å². The van der Waals surface area contributed by atoms with E-state index < -0.39 is 17.3 Å². The van der Waals surface area contributed by atoms with Crippen molar-refractivity contribution < 1.29 is 66.9 Å². The van der Waals surface area contributed by atoms with Gasteiger partial charge in [0, 0.05) is 11.5 Å². The number of nitrogens with zero attached hydrogens (tertiary/aromatic N) is 6. The number of hydrogen-bond acceptors (Lipinski definition) is 8. The average molecular weight is 1230 g/mol. The molecule has 6 fully saturated rings. The van der Waals surface area contributed by atoms with Gasteiger partial charge in [0.2, 0.25) is 0 Å². The number of fused-ring (bicyclic) bond motifs is 10. The Balaban J connectivity index is 0.000000293. The number of azide groups is 1. The number of benzene rings is 1. The summed E-state index contributed by atoms with van der Waals surface area (Å²) in [5.74, 6) is 10.5. The number of allylic oxidation sites excluding steroid dienone is 2. The molecule has 0 N–H and O–H groups in total. The SMILES string of the molecule is CC(C)CCC[C@@H](C)[C@H]1CC[C@H]2[C@@H]3CC=C4C[C@@H](OCCOCCN=[N+]=[N-])CC[C@]4(C)[C@H]3CC[C@]12C.Cc1ccc(S(=O)(=O)OCCOCCO[C@H]2CC[C@@]3(C)C(=CC[C@H]4[C@@H]5CC[C@H]([C@H](C)CCCC(C)C)[C@@]5(C)CC[C@@H]43)C2)cc1.[2H]CF.[N-]=[N+]=[N-].[Na+]. The maximum atomic E-state index is 12.3. The number of halogens is 1. The van der Waals surface area contributed by atoms with Crippen molar-refractivity contribution in [3.63, 3.8) is 0 Å². The Morgan fingerprint density at radius 3 is 1.48 bits per heavy atom.